The van der Waals surface area contributed by atoms with Crippen LogP contribution in [0.3, 0.4) is 0 Å². The minimum atomic E-state index is 0.145. The summed E-state index contributed by atoms with van der Waals surface area (Å²) in [6.45, 7) is 8.58. The van der Waals surface area contributed by atoms with Crippen LogP contribution in [-0.2, 0) is 0 Å². The molecular formula is C28H39N7O2. The van der Waals surface area contributed by atoms with Gasteiger partial charge in [0.25, 0.3) is 0 Å². The fraction of sp³-hybridized carbons (Fsp3) is 0.464. The summed E-state index contributed by atoms with van der Waals surface area (Å²) < 4.78 is 11.2. The van der Waals surface area contributed by atoms with E-state index in [9.17, 15) is 0 Å². The highest BCUT2D eigenvalue weighted by atomic mass is 16.5. The molecule has 2 aromatic carbocycles. The SMILES string of the molecule is COc1cc(OC)cc(N(CCN(CCCN)C(C)C)c2ccc3ncc(C4C=NN(C)C4)nc3c2)c1. The molecule has 1 aliphatic heterocycles. The molecular weight excluding hydrogens is 466 g/mol. The lowest BCUT2D eigenvalue weighted by Gasteiger charge is -2.32. The standard InChI is InChI=1S/C28H39N7O2/c1-20(2)34(10-6-9-29)11-12-35(23-13-24(36-4)16-25(14-23)37-5)22-7-8-26-27(15-22)32-28(18-30-26)21-17-31-33(3)19-21/h7-8,13-18,20-21H,6,9-12,19,29H2,1-5H3. The smallest absolute Gasteiger partial charge is 0.124 e. The minimum Gasteiger partial charge on any atom is -0.497 e. The van der Waals surface area contributed by atoms with Gasteiger partial charge in [0, 0.05) is 74.7 Å². The Hall–Kier alpha value is -3.43. The molecule has 1 atom stereocenters. The topological polar surface area (TPSA) is 92.3 Å². The van der Waals surface area contributed by atoms with Crippen LogP contribution in [0.5, 0.6) is 11.5 Å². The van der Waals surface area contributed by atoms with E-state index in [0.717, 1.165) is 72.2 Å². The highest BCUT2D eigenvalue weighted by Crippen LogP contribution is 2.34. The molecule has 37 heavy (non-hydrogen) atoms. The number of rotatable bonds is 12. The Bertz CT molecular complexity index is 1190. The summed E-state index contributed by atoms with van der Waals surface area (Å²) in [6.07, 6.45) is 4.77. The Morgan fingerprint density at radius 3 is 2.38 bits per heavy atom. The van der Waals surface area contributed by atoms with E-state index in [1.807, 2.05) is 48.7 Å². The molecule has 0 amide bonds. The first-order valence-corrected chi connectivity index (χ1v) is 12.9. The molecule has 1 aliphatic rings. The summed E-state index contributed by atoms with van der Waals surface area (Å²) in [5, 5.41) is 6.29. The van der Waals surface area contributed by atoms with Crippen molar-refractivity contribution in [2.75, 3.05) is 58.9 Å². The highest BCUT2D eigenvalue weighted by Gasteiger charge is 2.20. The molecule has 0 spiro atoms. The summed E-state index contributed by atoms with van der Waals surface area (Å²) >= 11 is 0. The van der Waals surface area contributed by atoms with E-state index < -0.39 is 0 Å². The number of methoxy groups -OCH3 is 2. The second-order valence-electron chi connectivity index (χ2n) is 9.67. The second-order valence-corrected chi connectivity index (χ2v) is 9.67. The third kappa shape index (κ3) is 6.47. The number of likely N-dealkylation sites (N-methyl/N-ethyl adjacent to an activating group) is 1. The van der Waals surface area contributed by atoms with Crippen molar-refractivity contribution in [3.63, 3.8) is 0 Å². The zero-order chi connectivity index (χ0) is 26.4. The minimum absolute atomic E-state index is 0.145. The van der Waals surface area contributed by atoms with Crippen LogP contribution in [0.4, 0.5) is 11.4 Å². The molecule has 0 aliphatic carbocycles. The molecule has 4 rings (SSSR count). The maximum Gasteiger partial charge on any atom is 0.124 e. The Kier molecular flexibility index (Phi) is 8.78. The van der Waals surface area contributed by atoms with Gasteiger partial charge in [-0.1, -0.05) is 0 Å². The van der Waals surface area contributed by atoms with Crippen molar-refractivity contribution < 1.29 is 9.47 Å². The van der Waals surface area contributed by atoms with Crippen LogP contribution in [0.15, 0.2) is 47.7 Å². The number of hydrogen-bond donors (Lipinski definition) is 1. The molecule has 1 aromatic heterocycles. The van der Waals surface area contributed by atoms with Crippen LogP contribution < -0.4 is 20.1 Å². The van der Waals surface area contributed by atoms with E-state index in [4.69, 9.17) is 20.2 Å². The zero-order valence-electron chi connectivity index (χ0n) is 22.6. The summed E-state index contributed by atoms with van der Waals surface area (Å²) in [5.74, 6) is 1.64. The van der Waals surface area contributed by atoms with E-state index in [1.54, 1.807) is 14.2 Å². The molecule has 198 valence electrons. The Labute approximate surface area is 219 Å². The van der Waals surface area contributed by atoms with Crippen LogP contribution in [0, 0.1) is 0 Å². The van der Waals surface area contributed by atoms with Crippen molar-refractivity contribution in [2.24, 2.45) is 10.8 Å². The average Bonchev–Trinajstić information content (AvgIpc) is 3.35. The van der Waals surface area contributed by atoms with Gasteiger partial charge in [0.05, 0.1) is 36.9 Å². The van der Waals surface area contributed by atoms with E-state index in [2.05, 4.69) is 45.9 Å². The first kappa shape index (κ1) is 26.6. The quantitative estimate of drug-likeness (QED) is 0.397. The van der Waals surface area contributed by atoms with Gasteiger partial charge in [0.2, 0.25) is 0 Å². The normalized spacial score (nSPS) is 15.2. The van der Waals surface area contributed by atoms with Gasteiger partial charge in [-0.3, -0.25) is 14.9 Å². The molecule has 0 radical (unpaired) electrons. The van der Waals surface area contributed by atoms with Gasteiger partial charge in [-0.15, -0.1) is 0 Å². The Morgan fingerprint density at radius 2 is 1.76 bits per heavy atom. The number of nitrogens with zero attached hydrogens (tertiary/aromatic N) is 6. The largest absolute Gasteiger partial charge is 0.497 e. The van der Waals surface area contributed by atoms with Crippen molar-refractivity contribution >= 4 is 28.6 Å². The van der Waals surface area contributed by atoms with Gasteiger partial charge in [-0.05, 0) is 51.6 Å². The van der Waals surface area contributed by atoms with Crippen LogP contribution in [-0.4, -0.2) is 86.1 Å². The molecule has 9 nitrogen and oxygen atoms in total. The second kappa shape index (κ2) is 12.2. The molecule has 0 bridgehead atoms. The predicted molar refractivity (Wildman–Crippen MR) is 150 cm³/mol. The van der Waals surface area contributed by atoms with Crippen LogP contribution in [0.2, 0.25) is 0 Å². The first-order valence-electron chi connectivity index (χ1n) is 12.9. The zero-order valence-corrected chi connectivity index (χ0v) is 22.6. The summed E-state index contributed by atoms with van der Waals surface area (Å²) in [7, 11) is 5.32. The van der Waals surface area contributed by atoms with Crippen molar-refractivity contribution in [1.82, 2.24) is 19.9 Å². The molecule has 0 saturated carbocycles. The fourth-order valence-electron chi connectivity index (χ4n) is 4.61. The van der Waals surface area contributed by atoms with E-state index in [0.29, 0.717) is 12.6 Å². The van der Waals surface area contributed by atoms with Crippen molar-refractivity contribution in [3.05, 3.63) is 48.3 Å². The van der Waals surface area contributed by atoms with E-state index >= 15 is 0 Å². The van der Waals surface area contributed by atoms with Gasteiger partial charge in [-0.25, -0.2) is 4.98 Å². The number of fused-ring (bicyclic) bond motifs is 1. The van der Waals surface area contributed by atoms with Gasteiger partial charge < -0.3 is 20.1 Å². The lowest BCUT2D eigenvalue weighted by Crippen LogP contribution is -2.38. The number of anilines is 2. The lowest BCUT2D eigenvalue weighted by molar-refractivity contribution is 0.226. The summed E-state index contributed by atoms with van der Waals surface area (Å²) in [6, 6.07) is 12.7. The van der Waals surface area contributed by atoms with Crippen molar-refractivity contribution in [1.29, 1.82) is 0 Å². The summed E-state index contributed by atoms with van der Waals surface area (Å²) in [4.78, 5) is 14.4. The van der Waals surface area contributed by atoms with E-state index in [-0.39, 0.29) is 5.92 Å². The number of ether oxygens (including phenoxy) is 2. The third-order valence-electron chi connectivity index (χ3n) is 6.78. The number of hydrogen-bond acceptors (Lipinski definition) is 9. The van der Waals surface area contributed by atoms with Crippen LogP contribution in [0.1, 0.15) is 31.9 Å². The molecule has 0 fully saturated rings. The molecule has 9 heteroatoms. The van der Waals surface area contributed by atoms with Gasteiger partial charge in [0.15, 0.2) is 0 Å². The maximum absolute atomic E-state index is 5.81. The lowest BCUT2D eigenvalue weighted by atomic mass is 10.1. The van der Waals surface area contributed by atoms with Crippen molar-refractivity contribution in [3.8, 4) is 11.5 Å². The van der Waals surface area contributed by atoms with Crippen LogP contribution in [0.25, 0.3) is 11.0 Å². The average molecular weight is 506 g/mol. The molecule has 3 aromatic rings. The third-order valence-corrected chi connectivity index (χ3v) is 6.78. The fourth-order valence-corrected chi connectivity index (χ4v) is 4.61. The molecule has 2 heterocycles. The monoisotopic (exact) mass is 505 g/mol. The maximum atomic E-state index is 5.81. The Balaban J connectivity index is 1.71. The molecule has 0 saturated heterocycles. The molecule has 1 unspecified atom stereocenters. The first-order chi connectivity index (χ1) is 17.9. The predicted octanol–water partition coefficient (Wildman–Crippen LogP) is 3.86. The van der Waals surface area contributed by atoms with Crippen LogP contribution >= 0.6 is 0 Å². The summed E-state index contributed by atoms with van der Waals surface area (Å²) in [5.41, 5.74) is 10.5. The highest BCUT2D eigenvalue weighted by molar-refractivity contribution is 5.82. The number of benzene rings is 2. The Morgan fingerprint density at radius 1 is 1.00 bits per heavy atom. The van der Waals surface area contributed by atoms with Gasteiger partial charge >= 0.3 is 0 Å². The van der Waals surface area contributed by atoms with Gasteiger partial charge in [-0.2, -0.15) is 5.10 Å². The number of hydrazone groups is 1. The molecule has 2 N–H and O–H groups in total. The number of aromatic nitrogens is 2. The van der Waals surface area contributed by atoms with E-state index in [1.165, 1.54) is 0 Å². The van der Waals surface area contributed by atoms with Gasteiger partial charge in [0.1, 0.15) is 11.5 Å². The number of nitrogens with two attached hydrogens (primary N) is 1. The van der Waals surface area contributed by atoms with Crippen molar-refractivity contribution in [2.45, 2.75) is 32.2 Å².